The van der Waals surface area contributed by atoms with Crippen molar-refractivity contribution in [1.29, 1.82) is 0 Å². The van der Waals surface area contributed by atoms with E-state index in [9.17, 15) is 22.8 Å². The van der Waals surface area contributed by atoms with Crippen molar-refractivity contribution in [3.63, 3.8) is 0 Å². The van der Waals surface area contributed by atoms with Gasteiger partial charge in [-0.25, -0.2) is 9.59 Å². The highest BCUT2D eigenvalue weighted by atomic mass is 19.4. The first-order chi connectivity index (χ1) is 8.43. The van der Waals surface area contributed by atoms with Crippen LogP contribution in [0.4, 0.5) is 18.0 Å². The number of carboxylic acid groups (broad SMARTS) is 1. The molecule has 1 rings (SSSR count). The summed E-state index contributed by atoms with van der Waals surface area (Å²) in [5, 5.41) is 8.92. The number of likely N-dealkylation sites (tertiary alicyclic amines) is 1. The molecule has 1 amide bonds. The largest absolute Gasteiger partial charge is 0.480 e. The lowest BCUT2D eigenvalue weighted by atomic mass is 10.00. The summed E-state index contributed by atoms with van der Waals surface area (Å²) in [4.78, 5) is 23.3. The Morgan fingerprint density at radius 2 is 1.79 bits per heavy atom. The van der Waals surface area contributed by atoms with Gasteiger partial charge in [0.05, 0.1) is 5.92 Å². The Morgan fingerprint density at radius 3 is 2.16 bits per heavy atom. The van der Waals surface area contributed by atoms with Gasteiger partial charge in [0.1, 0.15) is 11.6 Å². The van der Waals surface area contributed by atoms with Gasteiger partial charge in [0.25, 0.3) is 0 Å². The average molecular weight is 283 g/mol. The highest BCUT2D eigenvalue weighted by molar-refractivity contribution is 5.81. The molecule has 1 fully saturated rings. The maximum absolute atomic E-state index is 12.7. The maximum atomic E-state index is 12.7. The zero-order chi connectivity index (χ0) is 15.0. The topological polar surface area (TPSA) is 66.8 Å². The Hall–Kier alpha value is -1.47. The van der Waals surface area contributed by atoms with Crippen LogP contribution in [0.5, 0.6) is 0 Å². The number of hydrogen-bond acceptors (Lipinski definition) is 3. The summed E-state index contributed by atoms with van der Waals surface area (Å²) in [5.41, 5.74) is -0.892. The first-order valence-electron chi connectivity index (χ1n) is 5.72. The normalized spacial score (nSPS) is 24.4. The molecular weight excluding hydrogens is 267 g/mol. The highest BCUT2D eigenvalue weighted by Gasteiger charge is 2.55. The molecule has 1 aliphatic rings. The van der Waals surface area contributed by atoms with Crippen LogP contribution in [0, 0.1) is 5.92 Å². The second kappa shape index (κ2) is 4.90. The van der Waals surface area contributed by atoms with Gasteiger partial charge in [-0.1, -0.05) is 0 Å². The molecule has 5 nitrogen and oxygen atoms in total. The molecule has 1 aliphatic heterocycles. The van der Waals surface area contributed by atoms with Crippen molar-refractivity contribution >= 4 is 12.1 Å². The van der Waals surface area contributed by atoms with Gasteiger partial charge >= 0.3 is 18.2 Å². The zero-order valence-electron chi connectivity index (χ0n) is 10.8. The summed E-state index contributed by atoms with van der Waals surface area (Å²) < 4.78 is 43.0. The summed E-state index contributed by atoms with van der Waals surface area (Å²) in [6.07, 6.45) is -6.12. The number of amides is 1. The van der Waals surface area contributed by atoms with Crippen molar-refractivity contribution < 1.29 is 32.6 Å². The predicted molar refractivity (Wildman–Crippen MR) is 58.5 cm³/mol. The molecule has 0 saturated carbocycles. The summed E-state index contributed by atoms with van der Waals surface area (Å²) in [5.74, 6) is -3.73. The van der Waals surface area contributed by atoms with Gasteiger partial charge in [0, 0.05) is 6.54 Å². The summed E-state index contributed by atoms with van der Waals surface area (Å²) in [6.45, 7) is 4.38. The van der Waals surface area contributed by atoms with Gasteiger partial charge in [-0.05, 0) is 27.2 Å². The first-order valence-corrected chi connectivity index (χ1v) is 5.72. The molecule has 8 heteroatoms. The molecule has 0 aromatic carbocycles. The van der Waals surface area contributed by atoms with Gasteiger partial charge in [-0.3, -0.25) is 4.90 Å². The van der Waals surface area contributed by atoms with Crippen molar-refractivity contribution in [2.75, 3.05) is 6.54 Å². The lowest BCUT2D eigenvalue weighted by Gasteiger charge is -2.28. The molecule has 0 spiro atoms. The van der Waals surface area contributed by atoms with E-state index in [0.717, 1.165) is 0 Å². The van der Waals surface area contributed by atoms with E-state index < -0.39 is 42.2 Å². The lowest BCUT2D eigenvalue weighted by Crippen LogP contribution is -2.48. The van der Waals surface area contributed by atoms with E-state index in [1.165, 1.54) is 0 Å². The Morgan fingerprint density at radius 1 is 1.26 bits per heavy atom. The number of alkyl halides is 3. The number of carbonyl (C=O) groups is 2. The fourth-order valence-electron chi connectivity index (χ4n) is 1.97. The Bertz CT molecular complexity index is 375. The van der Waals surface area contributed by atoms with E-state index in [2.05, 4.69) is 0 Å². The minimum atomic E-state index is -4.65. The average Bonchev–Trinajstić information content (AvgIpc) is 2.57. The molecule has 2 atom stereocenters. The second-order valence-electron chi connectivity index (χ2n) is 5.39. The maximum Gasteiger partial charge on any atom is 0.411 e. The molecule has 1 saturated heterocycles. The van der Waals surface area contributed by atoms with Crippen molar-refractivity contribution in [2.24, 2.45) is 5.92 Å². The number of hydrogen-bond donors (Lipinski definition) is 1. The lowest BCUT2D eigenvalue weighted by molar-refractivity contribution is -0.187. The van der Waals surface area contributed by atoms with Crippen LogP contribution >= 0.6 is 0 Å². The van der Waals surface area contributed by atoms with Crippen molar-refractivity contribution in [3.05, 3.63) is 0 Å². The zero-order valence-corrected chi connectivity index (χ0v) is 10.8. The SMILES string of the molecule is CC(C)(C)OC(=O)N1CC[C@@H](C(F)(F)F)[C@@H]1C(=O)O. The van der Waals surface area contributed by atoms with Crippen LogP contribution in [0.1, 0.15) is 27.2 Å². The minimum Gasteiger partial charge on any atom is -0.480 e. The number of rotatable bonds is 1. The molecule has 1 heterocycles. The highest BCUT2D eigenvalue weighted by Crippen LogP contribution is 2.38. The molecule has 0 bridgehead atoms. The molecular formula is C11H16F3NO4. The van der Waals surface area contributed by atoms with Gasteiger partial charge in [-0.2, -0.15) is 13.2 Å². The van der Waals surface area contributed by atoms with Crippen LogP contribution in [0.15, 0.2) is 0 Å². The molecule has 0 unspecified atom stereocenters. The minimum absolute atomic E-state index is 0.282. The second-order valence-corrected chi connectivity index (χ2v) is 5.39. The standard InChI is InChI=1S/C11H16F3NO4/c1-10(2,3)19-9(18)15-5-4-6(11(12,13)14)7(15)8(16)17/h6-7H,4-5H2,1-3H3,(H,16,17)/t6-,7-/m1/s1. The predicted octanol–water partition coefficient (Wildman–Crippen LogP) is 2.26. The van der Waals surface area contributed by atoms with Gasteiger partial charge in [0.15, 0.2) is 0 Å². The molecule has 0 aromatic heterocycles. The number of aliphatic carboxylic acids is 1. The number of carbonyl (C=O) groups excluding carboxylic acids is 1. The van der Waals surface area contributed by atoms with Crippen LogP contribution < -0.4 is 0 Å². The number of ether oxygens (including phenoxy) is 1. The van der Waals surface area contributed by atoms with Crippen LogP contribution in [-0.2, 0) is 9.53 Å². The Balaban J connectivity index is 2.91. The summed E-state index contributed by atoms with van der Waals surface area (Å²) in [6, 6.07) is -1.92. The van der Waals surface area contributed by atoms with E-state index in [1.807, 2.05) is 0 Å². The van der Waals surface area contributed by atoms with Gasteiger partial charge < -0.3 is 9.84 Å². The summed E-state index contributed by atoms with van der Waals surface area (Å²) in [7, 11) is 0. The van der Waals surface area contributed by atoms with Crippen molar-refractivity contribution in [2.45, 2.75) is 45.0 Å². The van der Waals surface area contributed by atoms with E-state index >= 15 is 0 Å². The van der Waals surface area contributed by atoms with Gasteiger partial charge in [0.2, 0.25) is 0 Å². The van der Waals surface area contributed by atoms with E-state index in [0.29, 0.717) is 4.90 Å². The van der Waals surface area contributed by atoms with Crippen molar-refractivity contribution in [1.82, 2.24) is 4.90 Å². The monoisotopic (exact) mass is 283 g/mol. The molecule has 0 aromatic rings. The van der Waals surface area contributed by atoms with Crippen LogP contribution in [0.25, 0.3) is 0 Å². The van der Waals surface area contributed by atoms with E-state index in [4.69, 9.17) is 9.84 Å². The van der Waals surface area contributed by atoms with E-state index in [1.54, 1.807) is 20.8 Å². The Labute approximate surface area is 108 Å². The fraction of sp³-hybridized carbons (Fsp3) is 0.818. The smallest absolute Gasteiger partial charge is 0.411 e. The molecule has 110 valence electrons. The van der Waals surface area contributed by atoms with Crippen LogP contribution in [0.2, 0.25) is 0 Å². The van der Waals surface area contributed by atoms with Crippen LogP contribution in [-0.4, -0.2) is 46.4 Å². The number of nitrogens with zero attached hydrogens (tertiary/aromatic N) is 1. The van der Waals surface area contributed by atoms with Gasteiger partial charge in [-0.15, -0.1) is 0 Å². The third kappa shape index (κ3) is 3.74. The third-order valence-electron chi connectivity index (χ3n) is 2.70. The number of halogens is 3. The third-order valence-corrected chi connectivity index (χ3v) is 2.70. The first kappa shape index (κ1) is 15.6. The fourth-order valence-corrected chi connectivity index (χ4v) is 1.97. The quantitative estimate of drug-likeness (QED) is 0.801. The van der Waals surface area contributed by atoms with Crippen molar-refractivity contribution in [3.8, 4) is 0 Å². The molecule has 0 radical (unpaired) electrons. The molecule has 1 N–H and O–H groups in total. The Kier molecular flexibility index (Phi) is 4.02. The van der Waals surface area contributed by atoms with Crippen LogP contribution in [0.3, 0.4) is 0 Å². The van der Waals surface area contributed by atoms with E-state index in [-0.39, 0.29) is 6.54 Å². The summed E-state index contributed by atoms with van der Waals surface area (Å²) >= 11 is 0. The molecule has 19 heavy (non-hydrogen) atoms. The molecule has 0 aliphatic carbocycles. The number of carboxylic acids is 1.